The number of nitrogens with zero attached hydrogens (tertiary/aromatic N) is 2. The van der Waals surface area contributed by atoms with Gasteiger partial charge in [-0.1, -0.05) is 0 Å². The number of rotatable bonds is 9. The minimum atomic E-state index is -1.04. The Balaban J connectivity index is 1.91. The average molecular weight is 464 g/mol. The fourth-order valence-electron chi connectivity index (χ4n) is 3.14. The zero-order valence-electron chi connectivity index (χ0n) is 18.6. The molecule has 1 fully saturated rings. The van der Waals surface area contributed by atoms with Crippen LogP contribution in [-0.4, -0.2) is 53.8 Å². The molecule has 1 unspecified atom stereocenters. The molecule has 1 aromatic carbocycles. The van der Waals surface area contributed by atoms with Crippen molar-refractivity contribution in [3.05, 3.63) is 51.2 Å². The molecule has 1 aliphatic rings. The van der Waals surface area contributed by atoms with Crippen LogP contribution >= 0.6 is 0 Å². The van der Waals surface area contributed by atoms with Gasteiger partial charge in [0, 0.05) is 19.1 Å². The summed E-state index contributed by atoms with van der Waals surface area (Å²) in [7, 11) is 1.17. The topological polar surface area (TPSA) is 152 Å². The summed E-state index contributed by atoms with van der Waals surface area (Å²) in [6.07, 6.45) is -2.02. The molecule has 2 atom stereocenters. The SMILES string of the molecule is COC(=O)C(=C(C)C)N1C(=O)[C@H](CCOC(=O)OCc2ccc([N+](=O)[O-])cc2)C1OC(C)=O. The number of carbonyl (C=O) groups is 4. The molecule has 12 nitrogen and oxygen atoms in total. The number of amides is 1. The molecule has 178 valence electrons. The minimum Gasteiger partial charge on any atom is -0.464 e. The van der Waals surface area contributed by atoms with Crippen LogP contribution < -0.4 is 0 Å². The van der Waals surface area contributed by atoms with E-state index in [0.717, 1.165) is 4.90 Å². The molecule has 0 radical (unpaired) electrons. The van der Waals surface area contributed by atoms with Crippen LogP contribution in [0.1, 0.15) is 32.8 Å². The number of benzene rings is 1. The molecule has 1 saturated heterocycles. The third-order valence-corrected chi connectivity index (χ3v) is 4.69. The number of ether oxygens (including phenoxy) is 4. The maximum Gasteiger partial charge on any atom is 0.508 e. The summed E-state index contributed by atoms with van der Waals surface area (Å²) in [6, 6.07) is 5.45. The molecule has 1 aliphatic heterocycles. The highest BCUT2D eigenvalue weighted by molar-refractivity contribution is 5.98. The van der Waals surface area contributed by atoms with Crippen LogP contribution in [0.3, 0.4) is 0 Å². The number of nitro benzene ring substituents is 1. The van der Waals surface area contributed by atoms with Gasteiger partial charge in [0.15, 0.2) is 6.23 Å². The highest BCUT2D eigenvalue weighted by Crippen LogP contribution is 2.35. The third kappa shape index (κ3) is 6.28. The van der Waals surface area contributed by atoms with Gasteiger partial charge in [-0.2, -0.15) is 0 Å². The summed E-state index contributed by atoms with van der Waals surface area (Å²) in [5.41, 5.74) is 0.908. The van der Waals surface area contributed by atoms with Gasteiger partial charge in [-0.05, 0) is 43.5 Å². The largest absolute Gasteiger partial charge is 0.508 e. The Labute approximate surface area is 189 Å². The quantitative estimate of drug-likeness (QED) is 0.133. The van der Waals surface area contributed by atoms with Crippen molar-refractivity contribution in [2.75, 3.05) is 13.7 Å². The number of hydrogen-bond donors (Lipinski definition) is 0. The zero-order valence-corrected chi connectivity index (χ0v) is 18.6. The third-order valence-electron chi connectivity index (χ3n) is 4.69. The maximum absolute atomic E-state index is 12.7. The first-order valence-electron chi connectivity index (χ1n) is 9.85. The van der Waals surface area contributed by atoms with E-state index in [2.05, 4.69) is 0 Å². The van der Waals surface area contributed by atoms with Crippen molar-refractivity contribution < 1.29 is 43.0 Å². The number of carbonyl (C=O) groups excluding carboxylic acids is 4. The number of allylic oxidation sites excluding steroid dienone is 1. The maximum atomic E-state index is 12.7. The predicted molar refractivity (Wildman–Crippen MR) is 110 cm³/mol. The molecular formula is C21H24N2O10. The minimum absolute atomic E-state index is 0.0200. The second-order valence-electron chi connectivity index (χ2n) is 7.25. The smallest absolute Gasteiger partial charge is 0.464 e. The van der Waals surface area contributed by atoms with E-state index in [4.69, 9.17) is 18.9 Å². The van der Waals surface area contributed by atoms with Gasteiger partial charge in [0.1, 0.15) is 12.3 Å². The molecule has 0 aromatic heterocycles. The van der Waals surface area contributed by atoms with Crippen molar-refractivity contribution in [1.29, 1.82) is 0 Å². The second-order valence-corrected chi connectivity index (χ2v) is 7.25. The van der Waals surface area contributed by atoms with Gasteiger partial charge in [0.25, 0.3) is 5.69 Å². The number of β-lactam (4-membered cyclic amide) rings is 1. The fraction of sp³-hybridized carbons (Fsp3) is 0.429. The van der Waals surface area contributed by atoms with E-state index in [9.17, 15) is 29.3 Å². The number of esters is 2. The Morgan fingerprint density at radius 1 is 1.09 bits per heavy atom. The summed E-state index contributed by atoms with van der Waals surface area (Å²) in [5.74, 6) is -2.70. The Morgan fingerprint density at radius 2 is 1.73 bits per heavy atom. The van der Waals surface area contributed by atoms with Gasteiger partial charge in [-0.3, -0.25) is 24.6 Å². The first-order chi connectivity index (χ1) is 15.6. The monoisotopic (exact) mass is 464 g/mol. The summed E-state index contributed by atoms with van der Waals surface area (Å²) in [5, 5.41) is 10.6. The molecule has 0 spiro atoms. The lowest BCUT2D eigenvalue weighted by Crippen LogP contribution is -2.63. The molecule has 1 aromatic rings. The average Bonchev–Trinajstić information content (AvgIpc) is 2.77. The standard InChI is InChI=1S/C21H24N2O10/c1-12(2)17(20(26)30-4)22-18(25)16(19(22)33-13(3)24)9-10-31-21(27)32-11-14-5-7-15(8-6-14)23(28)29/h5-8,16,19H,9-11H2,1-4H3/t16-,19?/m0/s1. The molecule has 0 N–H and O–H groups in total. The molecule has 2 rings (SSSR count). The molecule has 0 bridgehead atoms. The van der Waals surface area contributed by atoms with Crippen LogP contribution in [0.15, 0.2) is 35.5 Å². The zero-order chi connectivity index (χ0) is 24.7. The van der Waals surface area contributed by atoms with E-state index >= 15 is 0 Å². The van der Waals surface area contributed by atoms with Crippen LogP contribution in [0.2, 0.25) is 0 Å². The molecule has 0 aliphatic carbocycles. The Hall–Kier alpha value is -3.96. The Kier molecular flexibility index (Phi) is 8.49. The number of nitro groups is 1. The van der Waals surface area contributed by atoms with E-state index in [-0.39, 0.29) is 31.0 Å². The molecule has 33 heavy (non-hydrogen) atoms. The molecule has 12 heteroatoms. The summed E-state index contributed by atoms with van der Waals surface area (Å²) >= 11 is 0. The number of methoxy groups -OCH3 is 1. The van der Waals surface area contributed by atoms with Gasteiger partial charge in [0.05, 0.1) is 24.6 Å². The highest BCUT2D eigenvalue weighted by Gasteiger charge is 2.52. The molecule has 1 amide bonds. The van der Waals surface area contributed by atoms with E-state index in [1.807, 2.05) is 0 Å². The van der Waals surface area contributed by atoms with Gasteiger partial charge in [-0.15, -0.1) is 0 Å². The van der Waals surface area contributed by atoms with Crippen molar-refractivity contribution in [2.45, 2.75) is 40.0 Å². The Morgan fingerprint density at radius 3 is 2.24 bits per heavy atom. The fourth-order valence-corrected chi connectivity index (χ4v) is 3.14. The van der Waals surface area contributed by atoms with Gasteiger partial charge >= 0.3 is 18.1 Å². The lowest BCUT2D eigenvalue weighted by Gasteiger charge is -2.46. The van der Waals surface area contributed by atoms with E-state index in [1.165, 1.54) is 38.3 Å². The molecular weight excluding hydrogens is 440 g/mol. The summed E-state index contributed by atoms with van der Waals surface area (Å²) in [4.78, 5) is 59.2. The van der Waals surface area contributed by atoms with Crippen molar-refractivity contribution in [1.82, 2.24) is 4.90 Å². The van der Waals surface area contributed by atoms with Crippen LogP contribution in [0.5, 0.6) is 0 Å². The summed E-state index contributed by atoms with van der Waals surface area (Å²) in [6.45, 7) is 4.03. The lowest BCUT2D eigenvalue weighted by molar-refractivity contribution is -0.384. The highest BCUT2D eigenvalue weighted by atomic mass is 16.7. The first kappa shape index (κ1) is 25.3. The van der Waals surface area contributed by atoms with Crippen LogP contribution in [0.25, 0.3) is 0 Å². The van der Waals surface area contributed by atoms with Crippen molar-refractivity contribution in [2.24, 2.45) is 5.92 Å². The second kappa shape index (κ2) is 11.1. The normalized spacial score (nSPS) is 16.8. The first-order valence-corrected chi connectivity index (χ1v) is 9.85. The van der Waals surface area contributed by atoms with Gasteiger partial charge < -0.3 is 18.9 Å². The Bertz CT molecular complexity index is 966. The van der Waals surface area contributed by atoms with Gasteiger partial charge in [-0.25, -0.2) is 9.59 Å². The van der Waals surface area contributed by atoms with Crippen molar-refractivity contribution in [3.8, 4) is 0 Å². The number of non-ortho nitro benzene ring substituents is 1. The van der Waals surface area contributed by atoms with Crippen molar-refractivity contribution in [3.63, 3.8) is 0 Å². The predicted octanol–water partition coefficient (Wildman–Crippen LogP) is 2.45. The van der Waals surface area contributed by atoms with Crippen LogP contribution in [0.4, 0.5) is 10.5 Å². The number of likely N-dealkylation sites (tertiary alicyclic amines) is 1. The van der Waals surface area contributed by atoms with E-state index in [1.54, 1.807) is 13.8 Å². The van der Waals surface area contributed by atoms with E-state index in [0.29, 0.717) is 11.1 Å². The lowest BCUT2D eigenvalue weighted by atomic mass is 9.90. The summed E-state index contributed by atoms with van der Waals surface area (Å²) < 4.78 is 19.8. The molecule has 1 heterocycles. The van der Waals surface area contributed by atoms with E-state index < -0.39 is 41.1 Å². The molecule has 0 saturated carbocycles. The van der Waals surface area contributed by atoms with Gasteiger partial charge in [0.2, 0.25) is 5.91 Å². The van der Waals surface area contributed by atoms with Crippen LogP contribution in [-0.2, 0) is 39.9 Å². The van der Waals surface area contributed by atoms with Crippen LogP contribution in [0, 0.1) is 16.0 Å². The number of hydrogen-bond acceptors (Lipinski definition) is 10. The van der Waals surface area contributed by atoms with Crippen molar-refractivity contribution >= 4 is 29.7 Å².